The van der Waals surface area contributed by atoms with E-state index in [1.54, 1.807) is 0 Å². The molecule has 6 heteroatoms. The number of hydrogen-bond acceptors (Lipinski definition) is 5. The zero-order valence-electron chi connectivity index (χ0n) is 34.5. The predicted octanol–water partition coefficient (Wildman–Crippen LogP) is 14.2. The van der Waals surface area contributed by atoms with Gasteiger partial charge in [-0.2, -0.15) is 0 Å². The first kappa shape index (κ1) is 36.1. The van der Waals surface area contributed by atoms with Crippen LogP contribution in [0.4, 0.5) is 0 Å². The number of amidine groups is 2. The minimum atomic E-state index is -0.365. The third-order valence-corrected chi connectivity index (χ3v) is 12.6. The summed E-state index contributed by atoms with van der Waals surface area (Å²) in [4.78, 5) is 15.6. The molecule has 0 fully saturated rings. The largest absolute Gasteiger partial charge is 0.455 e. The van der Waals surface area contributed by atoms with Gasteiger partial charge in [0.1, 0.15) is 23.2 Å². The SMILES string of the molecule is c1ccc(C2=NC(c3ccc4c(c3)c3ccccc3n4-c3ccccc3)=NC(c3ccc(-c4cccc5oc6c(ccc7c(-c8ccccc8)nc8ccccc8c76)c45)cc3)N2)cc1. The Morgan fingerprint density at radius 2 is 1.14 bits per heavy atom. The van der Waals surface area contributed by atoms with Gasteiger partial charge in [-0.1, -0.05) is 158 Å². The summed E-state index contributed by atoms with van der Waals surface area (Å²) < 4.78 is 9.19. The molecule has 0 radical (unpaired) electrons. The van der Waals surface area contributed by atoms with E-state index in [2.05, 4.69) is 192 Å². The van der Waals surface area contributed by atoms with Crippen molar-refractivity contribution < 1.29 is 4.42 Å². The standard InChI is InChI=1S/C58H37N5O/c1-4-15-37(16-5-1)54-45-32-33-46-52-42(23-14-26-51(52)64-55(46)53(45)44-22-10-12-24-48(44)59-54)36-27-29-39(30-28-36)57-60-56(38-17-6-2-7-18-38)61-58(62-57)40-31-34-50-47(35-40)43-21-11-13-25-49(43)63(50)41-19-8-3-9-20-41/h1-35,57H,(H,60,61,62). The summed E-state index contributed by atoms with van der Waals surface area (Å²) in [7, 11) is 0. The number of fused-ring (bicyclic) bond motifs is 10. The Morgan fingerprint density at radius 1 is 0.469 bits per heavy atom. The van der Waals surface area contributed by atoms with Gasteiger partial charge in [0.25, 0.3) is 0 Å². The lowest BCUT2D eigenvalue weighted by Gasteiger charge is -2.24. The summed E-state index contributed by atoms with van der Waals surface area (Å²) in [6.07, 6.45) is -0.365. The fraction of sp³-hybridized carbons (Fsp3) is 0.0172. The molecule has 0 amide bonds. The van der Waals surface area contributed by atoms with Crippen molar-refractivity contribution in [2.45, 2.75) is 6.17 Å². The van der Waals surface area contributed by atoms with Gasteiger partial charge in [-0.15, -0.1) is 0 Å². The van der Waals surface area contributed by atoms with Crippen molar-refractivity contribution in [2.75, 3.05) is 0 Å². The van der Waals surface area contributed by atoms with Crippen LogP contribution in [-0.2, 0) is 0 Å². The van der Waals surface area contributed by atoms with Gasteiger partial charge in [0.05, 0.1) is 22.2 Å². The van der Waals surface area contributed by atoms with Crippen LogP contribution in [-0.4, -0.2) is 21.2 Å². The lowest BCUT2D eigenvalue weighted by atomic mass is 9.95. The van der Waals surface area contributed by atoms with E-state index in [-0.39, 0.29) is 6.17 Å². The van der Waals surface area contributed by atoms with Crippen molar-refractivity contribution in [1.29, 1.82) is 0 Å². The Bertz CT molecular complexity index is 3850. The first-order valence-electron chi connectivity index (χ1n) is 21.6. The molecule has 0 spiro atoms. The minimum Gasteiger partial charge on any atom is -0.455 e. The Hall–Kier alpha value is -8.61. The van der Waals surface area contributed by atoms with E-state index in [0.717, 1.165) is 111 Å². The van der Waals surface area contributed by atoms with Crippen LogP contribution in [0.25, 0.3) is 93.5 Å². The average Bonchev–Trinajstić information content (AvgIpc) is 3.93. The molecule has 12 aromatic rings. The number of pyridine rings is 1. The monoisotopic (exact) mass is 819 g/mol. The maximum atomic E-state index is 6.86. The van der Waals surface area contributed by atoms with Crippen molar-refractivity contribution >= 4 is 77.1 Å². The third kappa shape index (κ3) is 5.77. The number of furan rings is 1. The average molecular weight is 820 g/mol. The summed E-state index contributed by atoms with van der Waals surface area (Å²) >= 11 is 0. The molecule has 3 aromatic heterocycles. The highest BCUT2D eigenvalue weighted by atomic mass is 16.3. The molecule has 0 saturated heterocycles. The predicted molar refractivity (Wildman–Crippen MR) is 264 cm³/mol. The zero-order valence-corrected chi connectivity index (χ0v) is 34.5. The van der Waals surface area contributed by atoms with Gasteiger partial charge in [-0.25, -0.2) is 15.0 Å². The molecule has 1 aliphatic heterocycles. The highest BCUT2D eigenvalue weighted by molar-refractivity contribution is 6.26. The first-order valence-corrected chi connectivity index (χ1v) is 21.6. The van der Waals surface area contributed by atoms with E-state index in [0.29, 0.717) is 5.84 Å². The maximum Gasteiger partial charge on any atom is 0.159 e. The van der Waals surface area contributed by atoms with E-state index in [4.69, 9.17) is 19.4 Å². The molecule has 4 heterocycles. The quantitative estimate of drug-likeness (QED) is 0.170. The second-order valence-electron chi connectivity index (χ2n) is 16.4. The smallest absolute Gasteiger partial charge is 0.159 e. The molecule has 300 valence electrons. The van der Waals surface area contributed by atoms with Crippen LogP contribution in [0.3, 0.4) is 0 Å². The van der Waals surface area contributed by atoms with Crippen LogP contribution in [0.15, 0.2) is 227 Å². The molecular formula is C58H37N5O. The van der Waals surface area contributed by atoms with Crippen molar-refractivity contribution in [3.63, 3.8) is 0 Å². The van der Waals surface area contributed by atoms with Gasteiger partial charge < -0.3 is 14.3 Å². The Morgan fingerprint density at radius 3 is 1.95 bits per heavy atom. The fourth-order valence-corrected chi connectivity index (χ4v) is 9.68. The summed E-state index contributed by atoms with van der Waals surface area (Å²) in [5, 5.41) is 11.4. The van der Waals surface area contributed by atoms with E-state index >= 15 is 0 Å². The van der Waals surface area contributed by atoms with Crippen molar-refractivity contribution in [3.8, 4) is 28.1 Å². The number of hydrogen-bond donors (Lipinski definition) is 1. The topological polar surface area (TPSA) is 67.7 Å². The Kier molecular flexibility index (Phi) is 8.18. The normalized spacial score (nSPS) is 14.1. The molecule has 0 aliphatic carbocycles. The van der Waals surface area contributed by atoms with Crippen LogP contribution in [0.5, 0.6) is 0 Å². The van der Waals surface area contributed by atoms with E-state index < -0.39 is 0 Å². The molecule has 64 heavy (non-hydrogen) atoms. The lowest BCUT2D eigenvalue weighted by molar-refractivity contribution is 0.673. The van der Waals surface area contributed by atoms with Crippen LogP contribution in [0.1, 0.15) is 22.9 Å². The summed E-state index contributed by atoms with van der Waals surface area (Å²) in [6, 6.07) is 74.3. The summed E-state index contributed by atoms with van der Waals surface area (Å²) in [5.74, 6) is 1.47. The fourth-order valence-electron chi connectivity index (χ4n) is 9.68. The van der Waals surface area contributed by atoms with Crippen molar-refractivity contribution in [2.24, 2.45) is 9.98 Å². The third-order valence-electron chi connectivity index (χ3n) is 12.6. The second-order valence-corrected chi connectivity index (χ2v) is 16.4. The van der Waals surface area contributed by atoms with Crippen LogP contribution in [0, 0.1) is 0 Å². The number of nitrogens with one attached hydrogen (secondary N) is 1. The van der Waals surface area contributed by atoms with Crippen LogP contribution >= 0.6 is 0 Å². The first-order chi connectivity index (χ1) is 31.7. The highest BCUT2D eigenvalue weighted by Crippen LogP contribution is 2.43. The molecular weight excluding hydrogens is 783 g/mol. The zero-order chi connectivity index (χ0) is 42.1. The molecule has 6 nitrogen and oxygen atoms in total. The van der Waals surface area contributed by atoms with Gasteiger partial charge in [0.2, 0.25) is 0 Å². The number of nitrogens with zero attached hydrogens (tertiary/aromatic N) is 4. The van der Waals surface area contributed by atoms with Gasteiger partial charge >= 0.3 is 0 Å². The molecule has 9 aromatic carbocycles. The lowest BCUT2D eigenvalue weighted by Crippen LogP contribution is -2.33. The van der Waals surface area contributed by atoms with E-state index in [1.807, 2.05) is 30.3 Å². The molecule has 1 N–H and O–H groups in total. The number of aliphatic imine (C=N–C) groups is 2. The number of aromatic nitrogens is 2. The molecule has 0 saturated carbocycles. The number of para-hydroxylation sites is 3. The number of benzene rings is 9. The molecule has 1 atom stereocenters. The van der Waals surface area contributed by atoms with Gasteiger partial charge in [-0.05, 0) is 71.3 Å². The van der Waals surface area contributed by atoms with Crippen molar-refractivity contribution in [1.82, 2.24) is 14.9 Å². The van der Waals surface area contributed by atoms with Gasteiger partial charge in [0, 0.05) is 60.1 Å². The van der Waals surface area contributed by atoms with Crippen LogP contribution in [0.2, 0.25) is 0 Å². The second kappa shape index (κ2) is 14.5. The van der Waals surface area contributed by atoms with E-state index in [9.17, 15) is 0 Å². The van der Waals surface area contributed by atoms with Gasteiger partial charge in [0.15, 0.2) is 5.84 Å². The summed E-state index contributed by atoms with van der Waals surface area (Å²) in [5.41, 5.74) is 13.3. The summed E-state index contributed by atoms with van der Waals surface area (Å²) in [6.45, 7) is 0. The molecule has 0 bridgehead atoms. The molecule has 1 unspecified atom stereocenters. The van der Waals surface area contributed by atoms with Gasteiger partial charge in [-0.3, -0.25) is 0 Å². The van der Waals surface area contributed by atoms with Crippen molar-refractivity contribution in [3.05, 3.63) is 229 Å². The number of rotatable bonds is 6. The van der Waals surface area contributed by atoms with Crippen LogP contribution < -0.4 is 5.32 Å². The Labute approximate surface area is 368 Å². The minimum absolute atomic E-state index is 0.365. The Balaban J connectivity index is 0.918. The maximum absolute atomic E-state index is 6.86. The molecule has 1 aliphatic rings. The van der Waals surface area contributed by atoms with E-state index in [1.165, 1.54) is 5.39 Å². The molecule has 13 rings (SSSR count). The highest BCUT2D eigenvalue weighted by Gasteiger charge is 2.24.